The number of nitrogens with zero attached hydrogens (tertiary/aromatic N) is 3. The van der Waals surface area contributed by atoms with Gasteiger partial charge >= 0.3 is 0 Å². The van der Waals surface area contributed by atoms with Gasteiger partial charge in [0.05, 0.1) is 29.3 Å². The molecule has 2 aromatic rings. The minimum absolute atomic E-state index is 0.00286. The van der Waals surface area contributed by atoms with Crippen molar-refractivity contribution in [2.45, 2.75) is 44.9 Å². The Bertz CT molecular complexity index is 1080. The molecule has 9 nitrogen and oxygen atoms in total. The number of aromatic nitrogens is 1. The summed E-state index contributed by atoms with van der Waals surface area (Å²) in [7, 11) is -3.68. The molecule has 0 atom stereocenters. The van der Waals surface area contributed by atoms with Gasteiger partial charge in [0.2, 0.25) is 21.8 Å². The molecule has 0 spiro atoms. The number of carbonyl (C=O) groups is 2. The molecular weight excluding hydrogens is 452 g/mol. The van der Waals surface area contributed by atoms with Crippen LogP contribution < -0.4 is 15.0 Å². The van der Waals surface area contributed by atoms with Crippen LogP contribution in [-0.2, 0) is 26.0 Å². The van der Waals surface area contributed by atoms with Crippen LogP contribution in [0.5, 0.6) is 5.75 Å². The van der Waals surface area contributed by atoms with E-state index in [0.717, 1.165) is 6.42 Å². The highest BCUT2D eigenvalue weighted by atomic mass is 32.2. The number of thiazole rings is 1. The number of ether oxygens (including phenoxy) is 1. The van der Waals surface area contributed by atoms with E-state index in [1.165, 1.54) is 27.8 Å². The van der Waals surface area contributed by atoms with Crippen LogP contribution in [0.25, 0.3) is 0 Å². The first-order chi connectivity index (χ1) is 15.3. The number of amides is 2. The molecule has 1 aliphatic rings. The van der Waals surface area contributed by atoms with Crippen LogP contribution in [0.1, 0.15) is 39.3 Å². The average molecular weight is 481 g/mol. The van der Waals surface area contributed by atoms with Crippen molar-refractivity contribution < 1.29 is 22.7 Å². The molecule has 174 valence electrons. The third-order valence-electron chi connectivity index (χ3n) is 5.05. The summed E-state index contributed by atoms with van der Waals surface area (Å²) < 4.78 is 32.7. The molecule has 11 heteroatoms. The van der Waals surface area contributed by atoms with E-state index >= 15 is 0 Å². The largest absolute Gasteiger partial charge is 0.492 e. The zero-order valence-electron chi connectivity index (χ0n) is 18.5. The van der Waals surface area contributed by atoms with Crippen LogP contribution in [0.4, 0.5) is 10.8 Å². The molecule has 2 amide bonds. The molecule has 0 radical (unpaired) electrons. The number of hydrogen-bond donors (Lipinski definition) is 1. The van der Waals surface area contributed by atoms with Crippen molar-refractivity contribution in [1.82, 2.24) is 9.29 Å². The van der Waals surface area contributed by atoms with E-state index in [-0.39, 0.29) is 28.8 Å². The van der Waals surface area contributed by atoms with Crippen LogP contribution in [-0.4, -0.2) is 55.8 Å². The molecule has 1 N–H and O–H groups in total. The Hall–Kier alpha value is -2.50. The molecule has 2 heterocycles. The lowest BCUT2D eigenvalue weighted by Crippen LogP contribution is -2.30. The molecule has 1 fully saturated rings. The fourth-order valence-electron chi connectivity index (χ4n) is 3.47. The molecule has 0 unspecified atom stereocenters. The Balaban J connectivity index is 1.78. The smallest absolute Gasteiger partial charge is 0.243 e. The zero-order chi connectivity index (χ0) is 23.3. The molecular formula is C21H28N4O5S2. The van der Waals surface area contributed by atoms with Crippen LogP contribution in [0.15, 0.2) is 28.5 Å². The number of carbonyl (C=O) groups excluding carboxylic acids is 2. The second-order valence-electron chi connectivity index (χ2n) is 7.18. The Morgan fingerprint density at radius 2 is 2.03 bits per heavy atom. The topological polar surface area (TPSA) is 109 Å². The van der Waals surface area contributed by atoms with Crippen molar-refractivity contribution in [3.63, 3.8) is 0 Å². The van der Waals surface area contributed by atoms with Crippen LogP contribution >= 0.6 is 11.3 Å². The quantitative estimate of drug-likeness (QED) is 0.560. The van der Waals surface area contributed by atoms with Crippen LogP contribution in [0.2, 0.25) is 0 Å². The van der Waals surface area contributed by atoms with E-state index in [0.29, 0.717) is 49.2 Å². The lowest BCUT2D eigenvalue weighted by Gasteiger charge is -2.20. The standard InChI is InChI=1S/C21H28N4O5S2/c1-4-24(5-2)32(28,29)16-9-10-18(30-6-3)17(13-16)23-19(26)12-15-14-31-21(22-15)25-11-7-8-20(25)27/h9-10,13-14H,4-8,11-12H2,1-3H3,(H,23,26). The van der Waals surface area contributed by atoms with Gasteiger partial charge in [-0.2, -0.15) is 4.31 Å². The van der Waals surface area contributed by atoms with E-state index < -0.39 is 10.0 Å². The first-order valence-corrected chi connectivity index (χ1v) is 12.9. The maximum Gasteiger partial charge on any atom is 0.243 e. The van der Waals surface area contributed by atoms with Crippen molar-refractivity contribution in [1.29, 1.82) is 0 Å². The van der Waals surface area contributed by atoms with Crippen molar-refractivity contribution in [3.05, 3.63) is 29.3 Å². The number of hydrogen-bond acceptors (Lipinski definition) is 7. The summed E-state index contributed by atoms with van der Waals surface area (Å²) in [5.41, 5.74) is 0.835. The Kier molecular flexibility index (Phi) is 7.86. The molecule has 1 aromatic heterocycles. The number of benzene rings is 1. The summed E-state index contributed by atoms with van der Waals surface area (Å²) in [5, 5.41) is 5.11. The van der Waals surface area contributed by atoms with Crippen molar-refractivity contribution in [3.8, 4) is 5.75 Å². The van der Waals surface area contributed by atoms with Crippen molar-refractivity contribution >= 4 is 44.0 Å². The van der Waals surface area contributed by atoms with Crippen molar-refractivity contribution in [2.24, 2.45) is 0 Å². The summed E-state index contributed by atoms with van der Waals surface area (Å²) in [6.07, 6.45) is 1.32. The number of sulfonamides is 1. The lowest BCUT2D eigenvalue weighted by molar-refractivity contribution is -0.117. The Labute approximate surface area is 192 Å². The lowest BCUT2D eigenvalue weighted by atomic mass is 10.2. The van der Waals surface area contributed by atoms with E-state index in [4.69, 9.17) is 4.74 Å². The van der Waals surface area contributed by atoms with Gasteiger partial charge in [-0.25, -0.2) is 13.4 Å². The van der Waals surface area contributed by atoms with Gasteiger partial charge in [0.15, 0.2) is 5.13 Å². The number of anilines is 2. The highest BCUT2D eigenvalue weighted by Gasteiger charge is 2.25. The number of rotatable bonds is 10. The zero-order valence-corrected chi connectivity index (χ0v) is 20.1. The predicted molar refractivity (Wildman–Crippen MR) is 124 cm³/mol. The number of nitrogens with one attached hydrogen (secondary N) is 1. The van der Waals surface area contributed by atoms with E-state index in [1.807, 2.05) is 6.92 Å². The molecule has 3 rings (SSSR count). The second-order valence-corrected chi connectivity index (χ2v) is 9.95. The molecule has 0 bridgehead atoms. The minimum atomic E-state index is -3.68. The van der Waals surface area contributed by atoms with Gasteiger partial charge in [-0.15, -0.1) is 11.3 Å². The summed E-state index contributed by atoms with van der Waals surface area (Å²) in [5.74, 6) is 0.0804. The monoisotopic (exact) mass is 480 g/mol. The Morgan fingerprint density at radius 3 is 2.66 bits per heavy atom. The third-order valence-corrected chi connectivity index (χ3v) is 8.01. The maximum atomic E-state index is 12.9. The molecule has 32 heavy (non-hydrogen) atoms. The Morgan fingerprint density at radius 1 is 1.28 bits per heavy atom. The SMILES string of the molecule is CCOc1ccc(S(=O)(=O)N(CC)CC)cc1NC(=O)Cc1csc(N2CCCC2=O)n1. The van der Waals surface area contributed by atoms with Crippen LogP contribution in [0.3, 0.4) is 0 Å². The summed E-state index contributed by atoms with van der Waals surface area (Å²) in [6, 6.07) is 4.45. The molecule has 1 aliphatic heterocycles. The third kappa shape index (κ3) is 5.28. The highest BCUT2D eigenvalue weighted by molar-refractivity contribution is 7.89. The highest BCUT2D eigenvalue weighted by Crippen LogP contribution is 2.30. The minimum Gasteiger partial charge on any atom is -0.492 e. The van der Waals surface area contributed by atoms with E-state index in [2.05, 4.69) is 10.3 Å². The van der Waals surface area contributed by atoms with Gasteiger partial charge in [-0.1, -0.05) is 13.8 Å². The van der Waals surface area contributed by atoms with Gasteiger partial charge in [-0.3, -0.25) is 14.5 Å². The van der Waals surface area contributed by atoms with Gasteiger partial charge in [0.1, 0.15) is 5.75 Å². The van der Waals surface area contributed by atoms with Gasteiger partial charge in [0.25, 0.3) is 0 Å². The fourth-order valence-corrected chi connectivity index (χ4v) is 5.82. The van der Waals surface area contributed by atoms with Gasteiger partial charge < -0.3 is 10.1 Å². The van der Waals surface area contributed by atoms with E-state index in [9.17, 15) is 18.0 Å². The van der Waals surface area contributed by atoms with Gasteiger partial charge in [-0.05, 0) is 31.5 Å². The maximum absolute atomic E-state index is 12.9. The molecule has 0 saturated carbocycles. The average Bonchev–Trinajstić information content (AvgIpc) is 3.38. The normalized spacial score (nSPS) is 14.2. The molecule has 0 aliphatic carbocycles. The summed E-state index contributed by atoms with van der Waals surface area (Å²) >= 11 is 1.33. The predicted octanol–water partition coefficient (Wildman–Crippen LogP) is 2.88. The summed E-state index contributed by atoms with van der Waals surface area (Å²) in [4.78, 5) is 30.7. The summed E-state index contributed by atoms with van der Waals surface area (Å²) in [6.45, 7) is 7.06. The molecule has 1 aromatic carbocycles. The first kappa shape index (κ1) is 24.1. The molecule has 1 saturated heterocycles. The van der Waals surface area contributed by atoms with Crippen LogP contribution in [0, 0.1) is 0 Å². The van der Waals surface area contributed by atoms with E-state index in [1.54, 1.807) is 30.2 Å². The van der Waals surface area contributed by atoms with Crippen molar-refractivity contribution in [2.75, 3.05) is 36.5 Å². The second kappa shape index (κ2) is 10.4. The van der Waals surface area contributed by atoms with Gasteiger partial charge in [0, 0.05) is 31.4 Å². The first-order valence-electron chi connectivity index (χ1n) is 10.6. The fraction of sp³-hybridized carbons (Fsp3) is 0.476.